The van der Waals surface area contributed by atoms with Gasteiger partial charge in [-0.25, -0.2) is 9.97 Å². The molecule has 20 heavy (non-hydrogen) atoms. The fraction of sp³-hybridized carbons (Fsp3) is 0.625. The minimum Gasteiger partial charge on any atom is -0.341 e. The van der Waals surface area contributed by atoms with Crippen LogP contribution in [-0.2, 0) is 0 Å². The number of nitriles is 1. The Morgan fingerprint density at radius 3 is 2.45 bits per heavy atom. The molecule has 1 radical (unpaired) electrons. The van der Waals surface area contributed by atoms with Gasteiger partial charge in [0.25, 0.3) is 0 Å². The highest BCUT2D eigenvalue weighted by Crippen LogP contribution is 2.31. The van der Waals surface area contributed by atoms with Crippen molar-refractivity contribution in [1.29, 1.82) is 5.26 Å². The van der Waals surface area contributed by atoms with Crippen LogP contribution in [0.25, 0.3) is 0 Å². The first-order chi connectivity index (χ1) is 9.86. The van der Waals surface area contributed by atoms with Crippen molar-refractivity contribution in [3.8, 4) is 6.07 Å². The molecular formula is C16H21N4. The molecule has 1 saturated carbocycles. The predicted molar refractivity (Wildman–Crippen MR) is 78.1 cm³/mol. The van der Waals surface area contributed by atoms with Crippen LogP contribution in [0.3, 0.4) is 0 Å². The molecule has 1 aromatic heterocycles. The average molecular weight is 269 g/mol. The first kappa shape index (κ1) is 13.4. The monoisotopic (exact) mass is 269 g/mol. The van der Waals surface area contributed by atoms with Crippen LogP contribution in [0.1, 0.15) is 50.0 Å². The van der Waals surface area contributed by atoms with Crippen molar-refractivity contribution in [3.63, 3.8) is 0 Å². The van der Waals surface area contributed by atoms with Crippen molar-refractivity contribution in [2.45, 2.75) is 44.4 Å². The van der Waals surface area contributed by atoms with Gasteiger partial charge in [-0.1, -0.05) is 12.8 Å². The lowest BCUT2D eigenvalue weighted by Gasteiger charge is -2.29. The Hall–Kier alpha value is -1.63. The van der Waals surface area contributed by atoms with E-state index in [4.69, 9.17) is 5.26 Å². The van der Waals surface area contributed by atoms with E-state index in [-0.39, 0.29) is 5.92 Å². The topological polar surface area (TPSA) is 52.8 Å². The van der Waals surface area contributed by atoms with Crippen LogP contribution < -0.4 is 4.90 Å². The second kappa shape index (κ2) is 6.21. The summed E-state index contributed by atoms with van der Waals surface area (Å²) in [5.74, 6) is 1.57. The van der Waals surface area contributed by atoms with E-state index < -0.39 is 0 Å². The van der Waals surface area contributed by atoms with Gasteiger partial charge in [-0.2, -0.15) is 5.26 Å². The normalized spacial score (nSPS) is 21.6. The lowest BCUT2D eigenvalue weighted by molar-refractivity contribution is 0.481. The molecule has 2 aliphatic rings. The molecule has 3 rings (SSSR count). The van der Waals surface area contributed by atoms with Gasteiger partial charge in [-0.15, -0.1) is 0 Å². The van der Waals surface area contributed by atoms with Crippen LogP contribution in [0.5, 0.6) is 0 Å². The van der Waals surface area contributed by atoms with Crippen LogP contribution >= 0.6 is 0 Å². The Labute approximate surface area is 120 Å². The largest absolute Gasteiger partial charge is 0.341 e. The smallest absolute Gasteiger partial charge is 0.225 e. The Morgan fingerprint density at radius 2 is 1.85 bits per heavy atom. The standard InChI is InChI=1S/C16H21N4/c17-10-13-6-8-20(9-7-13)16-18-11-15(12-19-16)14-4-2-1-3-5-14/h4,11-14H,1-3,5-9H2. The van der Waals surface area contributed by atoms with E-state index in [9.17, 15) is 0 Å². The van der Waals surface area contributed by atoms with Gasteiger partial charge >= 0.3 is 0 Å². The van der Waals surface area contributed by atoms with Gasteiger partial charge in [0.2, 0.25) is 5.95 Å². The predicted octanol–water partition coefficient (Wildman–Crippen LogP) is 3.08. The summed E-state index contributed by atoms with van der Waals surface area (Å²) in [5, 5.41) is 8.93. The van der Waals surface area contributed by atoms with Crippen LogP contribution in [0.2, 0.25) is 0 Å². The minimum atomic E-state index is 0.211. The number of rotatable bonds is 2. The van der Waals surface area contributed by atoms with Crippen molar-refractivity contribution in [1.82, 2.24) is 9.97 Å². The van der Waals surface area contributed by atoms with Gasteiger partial charge in [0, 0.05) is 31.4 Å². The quantitative estimate of drug-likeness (QED) is 0.828. The third-order valence-electron chi connectivity index (χ3n) is 4.47. The maximum absolute atomic E-state index is 8.93. The zero-order valence-electron chi connectivity index (χ0n) is 11.8. The summed E-state index contributed by atoms with van der Waals surface area (Å²) in [4.78, 5) is 11.3. The van der Waals surface area contributed by atoms with Crippen molar-refractivity contribution in [2.24, 2.45) is 5.92 Å². The maximum Gasteiger partial charge on any atom is 0.225 e. The zero-order chi connectivity index (χ0) is 13.8. The number of nitrogens with zero attached hydrogens (tertiary/aromatic N) is 4. The third kappa shape index (κ3) is 2.92. The summed E-state index contributed by atoms with van der Waals surface area (Å²) in [6, 6.07) is 2.36. The summed E-state index contributed by atoms with van der Waals surface area (Å²) < 4.78 is 0. The molecule has 1 aliphatic carbocycles. The summed E-state index contributed by atoms with van der Waals surface area (Å²) in [6.07, 6.45) is 13.3. The van der Waals surface area contributed by atoms with Crippen molar-refractivity contribution in [3.05, 3.63) is 24.4 Å². The van der Waals surface area contributed by atoms with E-state index >= 15 is 0 Å². The molecule has 0 N–H and O–H groups in total. The number of aromatic nitrogens is 2. The molecule has 1 atom stereocenters. The molecule has 4 nitrogen and oxygen atoms in total. The second-order valence-electron chi connectivity index (χ2n) is 5.83. The molecule has 105 valence electrons. The number of hydrogen-bond acceptors (Lipinski definition) is 4. The summed E-state index contributed by atoms with van der Waals surface area (Å²) in [5.41, 5.74) is 1.25. The van der Waals surface area contributed by atoms with Crippen molar-refractivity contribution >= 4 is 5.95 Å². The number of piperidine rings is 1. The van der Waals surface area contributed by atoms with Crippen molar-refractivity contribution < 1.29 is 0 Å². The SMILES string of the molecule is N#CC1CCN(c2ncc(C3[CH]CCCC3)cn2)CC1. The molecule has 2 fully saturated rings. The first-order valence-electron chi connectivity index (χ1n) is 7.66. The summed E-state index contributed by atoms with van der Waals surface area (Å²) in [7, 11) is 0. The molecule has 0 aromatic carbocycles. The van der Waals surface area contributed by atoms with Gasteiger partial charge in [-0.05, 0) is 43.6 Å². The minimum absolute atomic E-state index is 0.211. The van der Waals surface area contributed by atoms with E-state index in [1.807, 2.05) is 12.4 Å². The first-order valence-corrected chi connectivity index (χ1v) is 7.66. The van der Waals surface area contributed by atoms with Crippen LogP contribution in [-0.4, -0.2) is 23.1 Å². The van der Waals surface area contributed by atoms with Gasteiger partial charge in [0.05, 0.1) is 6.07 Å². The van der Waals surface area contributed by atoms with E-state index in [1.54, 1.807) is 0 Å². The van der Waals surface area contributed by atoms with E-state index in [2.05, 4.69) is 27.4 Å². The summed E-state index contributed by atoms with van der Waals surface area (Å²) in [6.45, 7) is 1.79. The highest BCUT2D eigenvalue weighted by molar-refractivity contribution is 5.32. The average Bonchev–Trinajstić information content (AvgIpc) is 2.56. The number of hydrogen-bond donors (Lipinski definition) is 0. The molecular weight excluding hydrogens is 248 g/mol. The highest BCUT2D eigenvalue weighted by Gasteiger charge is 2.21. The van der Waals surface area contributed by atoms with E-state index in [1.165, 1.54) is 31.2 Å². The molecule has 1 aromatic rings. The Balaban J connectivity index is 1.63. The van der Waals surface area contributed by atoms with Gasteiger partial charge in [0.1, 0.15) is 0 Å². The van der Waals surface area contributed by atoms with Crippen LogP contribution in [0.15, 0.2) is 12.4 Å². The fourth-order valence-electron chi connectivity index (χ4n) is 3.14. The lowest BCUT2D eigenvalue weighted by Crippen LogP contribution is -2.34. The van der Waals surface area contributed by atoms with Crippen molar-refractivity contribution in [2.75, 3.05) is 18.0 Å². The fourth-order valence-corrected chi connectivity index (χ4v) is 3.14. The molecule has 1 unspecified atom stereocenters. The zero-order valence-corrected chi connectivity index (χ0v) is 11.8. The molecule has 0 amide bonds. The van der Waals surface area contributed by atoms with Crippen LogP contribution in [0, 0.1) is 23.7 Å². The van der Waals surface area contributed by atoms with Gasteiger partial charge < -0.3 is 4.90 Å². The van der Waals surface area contributed by atoms with Gasteiger partial charge in [0.15, 0.2) is 0 Å². The molecule has 2 heterocycles. The molecule has 0 spiro atoms. The third-order valence-corrected chi connectivity index (χ3v) is 4.47. The van der Waals surface area contributed by atoms with Crippen LogP contribution in [0.4, 0.5) is 5.95 Å². The number of anilines is 1. The van der Waals surface area contributed by atoms with Gasteiger partial charge in [-0.3, -0.25) is 0 Å². The maximum atomic E-state index is 8.93. The Kier molecular flexibility index (Phi) is 4.15. The van der Waals surface area contributed by atoms with E-state index in [0.717, 1.165) is 31.9 Å². The second-order valence-corrected chi connectivity index (χ2v) is 5.83. The Morgan fingerprint density at radius 1 is 1.10 bits per heavy atom. The molecule has 0 bridgehead atoms. The Bertz CT molecular complexity index is 462. The molecule has 4 heteroatoms. The summed E-state index contributed by atoms with van der Waals surface area (Å²) >= 11 is 0. The lowest BCUT2D eigenvalue weighted by atomic mass is 9.85. The highest BCUT2D eigenvalue weighted by atomic mass is 15.2. The van der Waals surface area contributed by atoms with E-state index in [0.29, 0.717) is 5.92 Å². The molecule has 1 aliphatic heterocycles. The molecule has 1 saturated heterocycles.